The molecule has 0 atom stereocenters. The average Bonchev–Trinajstić information content (AvgIpc) is 2.94. The first-order valence-corrected chi connectivity index (χ1v) is 6.25. The molecule has 0 fully saturated rings. The number of aromatic nitrogens is 4. The van der Waals surface area contributed by atoms with Crippen molar-refractivity contribution < 1.29 is 0 Å². The minimum atomic E-state index is 0.505. The number of hydrogen-bond acceptors (Lipinski definition) is 6. The molecule has 2 rings (SSSR count). The Labute approximate surface area is 112 Å². The van der Waals surface area contributed by atoms with Gasteiger partial charge >= 0.3 is 0 Å². The van der Waals surface area contributed by atoms with Crippen LogP contribution in [-0.4, -0.2) is 51.3 Å². The van der Waals surface area contributed by atoms with E-state index in [1.54, 1.807) is 17.1 Å². The molecule has 0 aliphatic heterocycles. The second-order valence-electron chi connectivity index (χ2n) is 4.23. The fourth-order valence-electron chi connectivity index (χ4n) is 1.63. The van der Waals surface area contributed by atoms with E-state index >= 15 is 0 Å². The molecule has 7 heteroatoms. The van der Waals surface area contributed by atoms with E-state index in [0.29, 0.717) is 17.3 Å². The van der Waals surface area contributed by atoms with Crippen molar-refractivity contribution in [3.8, 4) is 5.82 Å². The molecular formula is C12H19N7. The van der Waals surface area contributed by atoms with Gasteiger partial charge in [0.25, 0.3) is 0 Å². The van der Waals surface area contributed by atoms with E-state index in [-0.39, 0.29) is 0 Å². The number of nitrogens with two attached hydrogens (primary N) is 1. The molecule has 102 valence electrons. The van der Waals surface area contributed by atoms with E-state index in [1.165, 1.54) is 6.33 Å². The zero-order valence-corrected chi connectivity index (χ0v) is 11.2. The van der Waals surface area contributed by atoms with Gasteiger partial charge in [-0.15, -0.1) is 0 Å². The zero-order chi connectivity index (χ0) is 13.7. The number of likely N-dealkylation sites (N-methyl/N-ethyl adjacent to an activating group) is 1. The van der Waals surface area contributed by atoms with E-state index in [9.17, 15) is 0 Å². The zero-order valence-electron chi connectivity index (χ0n) is 11.2. The van der Waals surface area contributed by atoms with Crippen LogP contribution >= 0.6 is 0 Å². The molecule has 0 amide bonds. The minimum absolute atomic E-state index is 0.505. The second-order valence-corrected chi connectivity index (χ2v) is 4.23. The van der Waals surface area contributed by atoms with Crippen LogP contribution in [0.3, 0.4) is 0 Å². The molecule has 0 saturated heterocycles. The monoisotopic (exact) mass is 261 g/mol. The van der Waals surface area contributed by atoms with Gasteiger partial charge in [-0.05, 0) is 19.7 Å². The molecule has 0 saturated carbocycles. The highest BCUT2D eigenvalue weighted by Gasteiger charge is 2.09. The predicted molar refractivity (Wildman–Crippen MR) is 75.2 cm³/mol. The molecule has 2 aromatic rings. The van der Waals surface area contributed by atoms with E-state index < -0.39 is 0 Å². The summed E-state index contributed by atoms with van der Waals surface area (Å²) in [6, 6.07) is 1.82. The number of nitrogens with zero attached hydrogens (tertiary/aromatic N) is 5. The molecule has 0 aliphatic carbocycles. The molecule has 0 bridgehead atoms. The van der Waals surface area contributed by atoms with Gasteiger partial charge < -0.3 is 16.0 Å². The summed E-state index contributed by atoms with van der Waals surface area (Å²) in [6.07, 6.45) is 4.97. The van der Waals surface area contributed by atoms with Gasteiger partial charge in [0.2, 0.25) is 0 Å². The van der Waals surface area contributed by atoms with Gasteiger partial charge in [-0.1, -0.05) is 6.92 Å². The first-order valence-electron chi connectivity index (χ1n) is 6.25. The molecule has 0 unspecified atom stereocenters. The SMILES string of the molecule is CCN(C)CCNc1ncnc(-n2cccn2)c1N. The largest absolute Gasteiger partial charge is 0.393 e. The van der Waals surface area contributed by atoms with Crippen molar-refractivity contribution in [3.63, 3.8) is 0 Å². The summed E-state index contributed by atoms with van der Waals surface area (Å²) >= 11 is 0. The smallest absolute Gasteiger partial charge is 0.181 e. The molecular weight excluding hydrogens is 242 g/mol. The van der Waals surface area contributed by atoms with Crippen molar-refractivity contribution in [3.05, 3.63) is 24.8 Å². The topological polar surface area (TPSA) is 84.9 Å². The predicted octanol–water partition coefficient (Wildman–Crippen LogP) is 0.608. The summed E-state index contributed by atoms with van der Waals surface area (Å²) in [4.78, 5) is 10.5. The van der Waals surface area contributed by atoms with Gasteiger partial charge in [0.05, 0.1) is 0 Å². The Morgan fingerprint density at radius 3 is 2.95 bits per heavy atom. The van der Waals surface area contributed by atoms with Crippen molar-refractivity contribution in [2.24, 2.45) is 0 Å². The van der Waals surface area contributed by atoms with Gasteiger partial charge in [-0.3, -0.25) is 0 Å². The lowest BCUT2D eigenvalue weighted by Gasteiger charge is -2.15. The number of nitrogens with one attached hydrogen (secondary N) is 1. The van der Waals surface area contributed by atoms with Crippen LogP contribution in [0.4, 0.5) is 11.5 Å². The summed E-state index contributed by atoms with van der Waals surface area (Å²) in [7, 11) is 2.07. The van der Waals surface area contributed by atoms with Crippen LogP contribution in [0, 0.1) is 0 Å². The highest BCUT2D eigenvalue weighted by molar-refractivity contribution is 5.68. The second kappa shape index (κ2) is 6.14. The van der Waals surface area contributed by atoms with Gasteiger partial charge in [0, 0.05) is 25.5 Å². The Bertz CT molecular complexity index is 509. The lowest BCUT2D eigenvalue weighted by Crippen LogP contribution is -2.25. The van der Waals surface area contributed by atoms with Crippen LogP contribution in [0.25, 0.3) is 5.82 Å². The Balaban J connectivity index is 2.08. The standard InChI is InChI=1S/C12H19N7/c1-3-18(2)8-6-14-11-10(13)12(16-9-15-11)19-7-4-5-17-19/h4-5,7,9H,3,6,8,13H2,1-2H3,(H,14,15,16). The van der Waals surface area contributed by atoms with E-state index in [2.05, 4.69) is 39.3 Å². The average molecular weight is 261 g/mol. The lowest BCUT2D eigenvalue weighted by molar-refractivity contribution is 0.367. The molecule has 0 aromatic carbocycles. The van der Waals surface area contributed by atoms with Crippen molar-refractivity contribution >= 4 is 11.5 Å². The summed E-state index contributed by atoms with van der Waals surface area (Å²) in [5, 5.41) is 7.34. The summed E-state index contributed by atoms with van der Waals surface area (Å²) in [5.74, 6) is 1.23. The van der Waals surface area contributed by atoms with Crippen molar-refractivity contribution in [1.29, 1.82) is 0 Å². The van der Waals surface area contributed by atoms with Gasteiger partial charge in [-0.2, -0.15) is 5.10 Å². The van der Waals surface area contributed by atoms with Crippen LogP contribution in [0.1, 0.15) is 6.92 Å². The third kappa shape index (κ3) is 3.19. The molecule has 2 aromatic heterocycles. The van der Waals surface area contributed by atoms with Crippen LogP contribution in [0.15, 0.2) is 24.8 Å². The Morgan fingerprint density at radius 1 is 1.42 bits per heavy atom. The highest BCUT2D eigenvalue weighted by atomic mass is 15.3. The maximum Gasteiger partial charge on any atom is 0.181 e. The number of anilines is 2. The van der Waals surface area contributed by atoms with E-state index in [0.717, 1.165) is 19.6 Å². The third-order valence-electron chi connectivity index (χ3n) is 2.91. The summed E-state index contributed by atoms with van der Waals surface area (Å²) < 4.78 is 1.63. The Kier molecular flexibility index (Phi) is 4.30. The first-order chi connectivity index (χ1) is 9.22. The molecule has 0 spiro atoms. The molecule has 19 heavy (non-hydrogen) atoms. The minimum Gasteiger partial charge on any atom is -0.393 e. The highest BCUT2D eigenvalue weighted by Crippen LogP contribution is 2.20. The number of rotatable bonds is 6. The molecule has 0 aliphatic rings. The van der Waals surface area contributed by atoms with Crippen molar-refractivity contribution in [2.45, 2.75) is 6.92 Å². The van der Waals surface area contributed by atoms with Crippen molar-refractivity contribution in [2.75, 3.05) is 37.7 Å². The normalized spacial score (nSPS) is 10.9. The van der Waals surface area contributed by atoms with Gasteiger partial charge in [-0.25, -0.2) is 14.6 Å². The first kappa shape index (κ1) is 13.3. The van der Waals surface area contributed by atoms with E-state index in [4.69, 9.17) is 5.73 Å². The molecule has 2 heterocycles. The fraction of sp³-hybridized carbons (Fsp3) is 0.417. The summed E-state index contributed by atoms with van der Waals surface area (Å²) in [6.45, 7) is 4.84. The fourth-order valence-corrected chi connectivity index (χ4v) is 1.63. The molecule has 0 radical (unpaired) electrons. The molecule has 7 nitrogen and oxygen atoms in total. The molecule has 3 N–H and O–H groups in total. The Hall–Kier alpha value is -2.15. The van der Waals surface area contributed by atoms with Gasteiger partial charge in [0.1, 0.15) is 12.0 Å². The number of nitrogen functional groups attached to an aromatic ring is 1. The quantitative estimate of drug-likeness (QED) is 0.792. The van der Waals surface area contributed by atoms with Crippen molar-refractivity contribution in [1.82, 2.24) is 24.6 Å². The Morgan fingerprint density at radius 2 is 2.26 bits per heavy atom. The third-order valence-corrected chi connectivity index (χ3v) is 2.91. The maximum absolute atomic E-state index is 6.06. The number of hydrogen-bond donors (Lipinski definition) is 2. The summed E-state index contributed by atoms with van der Waals surface area (Å²) in [5.41, 5.74) is 6.57. The van der Waals surface area contributed by atoms with E-state index in [1.807, 2.05) is 6.07 Å². The van der Waals surface area contributed by atoms with Crippen LogP contribution in [0.2, 0.25) is 0 Å². The maximum atomic E-state index is 6.06. The van der Waals surface area contributed by atoms with Crippen LogP contribution in [-0.2, 0) is 0 Å². The lowest BCUT2D eigenvalue weighted by atomic mass is 10.4. The van der Waals surface area contributed by atoms with Gasteiger partial charge in [0.15, 0.2) is 11.6 Å². The van der Waals surface area contributed by atoms with Crippen LogP contribution < -0.4 is 11.1 Å². The van der Waals surface area contributed by atoms with Crippen LogP contribution in [0.5, 0.6) is 0 Å².